The average molecular weight is 146 g/mol. The normalized spacial score (nSPS) is 49.7. The Hall–Kier alpha value is 0.250. The second kappa shape index (κ2) is 2.14. The maximum Gasteiger partial charge on any atom is 0.0365 e. The summed E-state index contributed by atoms with van der Waals surface area (Å²) >= 11 is 6.01. The van der Waals surface area contributed by atoms with E-state index in [1.54, 1.807) is 0 Å². The van der Waals surface area contributed by atoms with E-state index in [4.69, 9.17) is 11.6 Å². The van der Waals surface area contributed by atoms with Crippen LogP contribution in [0.5, 0.6) is 0 Å². The molecule has 0 aromatic rings. The molecule has 9 heavy (non-hydrogen) atoms. The maximum atomic E-state index is 6.01. The highest BCUT2D eigenvalue weighted by Gasteiger charge is 2.32. The Morgan fingerprint density at radius 3 is 2.22 bits per heavy atom. The van der Waals surface area contributed by atoms with Crippen molar-refractivity contribution in [3.63, 3.8) is 0 Å². The average Bonchev–Trinajstić information content (AvgIpc) is 2.11. The van der Waals surface area contributed by atoms with Crippen molar-refractivity contribution < 1.29 is 0 Å². The summed E-state index contributed by atoms with van der Waals surface area (Å²) in [6.45, 7) is 0. The maximum absolute atomic E-state index is 6.01. The molecule has 0 unspecified atom stereocenters. The first-order valence-electron chi connectivity index (χ1n) is 3.75. The molecule has 2 heteroatoms. The van der Waals surface area contributed by atoms with Gasteiger partial charge in [0, 0.05) is 17.5 Å². The summed E-state index contributed by atoms with van der Waals surface area (Å²) in [6.07, 6.45) is 5.10. The van der Waals surface area contributed by atoms with Crippen LogP contribution in [0.25, 0.3) is 0 Å². The number of fused-ring (bicyclic) bond motifs is 2. The smallest absolute Gasteiger partial charge is 0.0365 e. The van der Waals surface area contributed by atoms with Crippen LogP contribution in [-0.4, -0.2) is 17.5 Å². The molecule has 0 amide bonds. The van der Waals surface area contributed by atoms with Crippen molar-refractivity contribution in [1.29, 1.82) is 0 Å². The molecule has 52 valence electrons. The van der Waals surface area contributed by atoms with Crippen molar-refractivity contribution in [3.05, 3.63) is 0 Å². The molecule has 0 aliphatic carbocycles. The summed E-state index contributed by atoms with van der Waals surface area (Å²) in [5.74, 6) is 0. The minimum atomic E-state index is 0.462. The quantitative estimate of drug-likeness (QED) is 0.510. The Morgan fingerprint density at radius 1 is 1.11 bits per heavy atom. The second-order valence-electron chi connectivity index (χ2n) is 3.21. The topological polar surface area (TPSA) is 12.0 Å². The number of rotatable bonds is 0. The number of hydrogen-bond donors (Lipinski definition) is 1. The van der Waals surface area contributed by atoms with E-state index in [0.717, 1.165) is 12.1 Å². The van der Waals surface area contributed by atoms with E-state index in [1.165, 1.54) is 25.7 Å². The fourth-order valence-electron chi connectivity index (χ4n) is 1.99. The van der Waals surface area contributed by atoms with Gasteiger partial charge in [-0.1, -0.05) is 0 Å². The molecule has 2 aliphatic heterocycles. The van der Waals surface area contributed by atoms with Crippen molar-refractivity contribution in [3.8, 4) is 0 Å². The van der Waals surface area contributed by atoms with Crippen molar-refractivity contribution in [2.45, 2.75) is 43.1 Å². The monoisotopic (exact) mass is 145 g/mol. The van der Waals surface area contributed by atoms with Gasteiger partial charge in [-0.3, -0.25) is 0 Å². The third-order valence-corrected chi connectivity index (χ3v) is 2.77. The van der Waals surface area contributed by atoms with E-state index in [2.05, 4.69) is 5.32 Å². The van der Waals surface area contributed by atoms with Gasteiger partial charge in [0.25, 0.3) is 0 Å². The molecule has 0 aromatic carbocycles. The minimum absolute atomic E-state index is 0.462. The highest BCUT2D eigenvalue weighted by Crippen LogP contribution is 2.29. The van der Waals surface area contributed by atoms with Gasteiger partial charge in [-0.05, 0) is 25.7 Å². The first-order chi connectivity index (χ1) is 4.34. The molecule has 0 radical (unpaired) electrons. The highest BCUT2D eigenvalue weighted by molar-refractivity contribution is 6.20. The van der Waals surface area contributed by atoms with Gasteiger partial charge in [0.1, 0.15) is 0 Å². The summed E-state index contributed by atoms with van der Waals surface area (Å²) in [7, 11) is 0. The largest absolute Gasteiger partial charge is 0.311 e. The van der Waals surface area contributed by atoms with Gasteiger partial charge in [0.05, 0.1) is 0 Å². The van der Waals surface area contributed by atoms with Crippen molar-refractivity contribution in [2.24, 2.45) is 0 Å². The number of alkyl halides is 1. The summed E-state index contributed by atoms with van der Waals surface area (Å²) < 4.78 is 0. The van der Waals surface area contributed by atoms with Crippen LogP contribution < -0.4 is 5.32 Å². The lowest BCUT2D eigenvalue weighted by Gasteiger charge is -2.24. The van der Waals surface area contributed by atoms with Crippen LogP contribution >= 0.6 is 11.6 Å². The molecular formula is C7H12ClN. The van der Waals surface area contributed by atoms with Crippen LogP contribution in [0.1, 0.15) is 25.7 Å². The third-order valence-electron chi connectivity index (χ3n) is 2.42. The second-order valence-corrected chi connectivity index (χ2v) is 3.82. The molecule has 0 saturated carbocycles. The van der Waals surface area contributed by atoms with Gasteiger partial charge in [-0.2, -0.15) is 0 Å². The van der Waals surface area contributed by atoms with Gasteiger partial charge in [0.2, 0.25) is 0 Å². The molecule has 0 aromatic heterocycles. The van der Waals surface area contributed by atoms with Crippen LogP contribution in [-0.2, 0) is 0 Å². The van der Waals surface area contributed by atoms with Gasteiger partial charge in [0.15, 0.2) is 0 Å². The number of halogens is 1. The Labute approximate surface area is 60.8 Å². The number of nitrogens with one attached hydrogen (secondary N) is 1. The van der Waals surface area contributed by atoms with E-state index in [1.807, 2.05) is 0 Å². The number of piperidine rings is 1. The van der Waals surface area contributed by atoms with E-state index in [0.29, 0.717) is 5.38 Å². The van der Waals surface area contributed by atoms with E-state index in [-0.39, 0.29) is 0 Å². The van der Waals surface area contributed by atoms with Crippen molar-refractivity contribution in [1.82, 2.24) is 5.32 Å². The zero-order valence-electron chi connectivity index (χ0n) is 5.44. The van der Waals surface area contributed by atoms with Gasteiger partial charge < -0.3 is 5.32 Å². The molecule has 1 N–H and O–H groups in total. The molecular weight excluding hydrogens is 134 g/mol. The minimum Gasteiger partial charge on any atom is -0.311 e. The SMILES string of the molecule is ClC1C[C@@H]2CC[C@@H](C1)N2. The van der Waals surface area contributed by atoms with Gasteiger partial charge in [-0.25, -0.2) is 0 Å². The third kappa shape index (κ3) is 1.08. The van der Waals surface area contributed by atoms with Crippen molar-refractivity contribution >= 4 is 11.6 Å². The lowest BCUT2D eigenvalue weighted by atomic mass is 10.1. The highest BCUT2D eigenvalue weighted by atomic mass is 35.5. The molecule has 2 atom stereocenters. The molecule has 2 fully saturated rings. The Balaban J connectivity index is 2.03. The van der Waals surface area contributed by atoms with Crippen LogP contribution in [0.15, 0.2) is 0 Å². The summed E-state index contributed by atoms with van der Waals surface area (Å²) in [5.41, 5.74) is 0. The van der Waals surface area contributed by atoms with Gasteiger partial charge >= 0.3 is 0 Å². The number of hydrogen-bond acceptors (Lipinski definition) is 1. The zero-order valence-corrected chi connectivity index (χ0v) is 6.19. The molecule has 2 saturated heterocycles. The standard InChI is InChI=1S/C7H12ClN/c8-5-3-6-1-2-7(4-5)9-6/h5-7,9H,1-4H2/t6-,7-/m0/s1. The Morgan fingerprint density at radius 2 is 1.67 bits per heavy atom. The summed E-state index contributed by atoms with van der Waals surface area (Å²) in [4.78, 5) is 0. The van der Waals surface area contributed by atoms with Crippen LogP contribution in [0.4, 0.5) is 0 Å². The van der Waals surface area contributed by atoms with Gasteiger partial charge in [-0.15, -0.1) is 11.6 Å². The van der Waals surface area contributed by atoms with Crippen LogP contribution in [0.2, 0.25) is 0 Å². The molecule has 2 heterocycles. The molecule has 2 rings (SSSR count). The fraction of sp³-hybridized carbons (Fsp3) is 1.00. The lowest BCUT2D eigenvalue weighted by Crippen LogP contribution is -2.38. The van der Waals surface area contributed by atoms with Crippen LogP contribution in [0.3, 0.4) is 0 Å². The molecule has 2 bridgehead atoms. The molecule has 1 nitrogen and oxygen atoms in total. The molecule has 0 spiro atoms. The van der Waals surface area contributed by atoms with Crippen molar-refractivity contribution in [2.75, 3.05) is 0 Å². The summed E-state index contributed by atoms with van der Waals surface area (Å²) in [6, 6.07) is 1.51. The zero-order chi connectivity index (χ0) is 6.27. The van der Waals surface area contributed by atoms with E-state index >= 15 is 0 Å². The first kappa shape index (κ1) is 5.99. The Kier molecular flexibility index (Phi) is 1.42. The predicted octanol–water partition coefficient (Wildman–Crippen LogP) is 1.51. The molecule has 2 aliphatic rings. The summed E-state index contributed by atoms with van der Waals surface area (Å²) in [5, 5.41) is 4.00. The van der Waals surface area contributed by atoms with E-state index in [9.17, 15) is 0 Å². The first-order valence-corrected chi connectivity index (χ1v) is 4.18. The van der Waals surface area contributed by atoms with E-state index < -0.39 is 0 Å². The lowest BCUT2D eigenvalue weighted by molar-refractivity contribution is 0.411. The van der Waals surface area contributed by atoms with Crippen LogP contribution in [0, 0.1) is 0 Å². The predicted molar refractivity (Wildman–Crippen MR) is 38.8 cm³/mol. The fourth-order valence-corrected chi connectivity index (χ4v) is 2.42. The Bertz CT molecular complexity index is 103.